The number of aliphatic imine (C=N–C) groups is 1. The van der Waals surface area contributed by atoms with Crippen LogP contribution in [0.5, 0.6) is 5.75 Å². The fourth-order valence-corrected chi connectivity index (χ4v) is 3.74. The van der Waals surface area contributed by atoms with E-state index in [2.05, 4.69) is 15.4 Å². The third-order valence-electron chi connectivity index (χ3n) is 5.22. The zero-order valence-corrected chi connectivity index (χ0v) is 15.4. The van der Waals surface area contributed by atoms with Crippen LogP contribution in [0.25, 0.3) is 10.9 Å². The normalized spacial score (nSPS) is 17.9. The van der Waals surface area contributed by atoms with E-state index in [4.69, 9.17) is 5.73 Å². The maximum Gasteiger partial charge on any atom is 0.141 e. The summed E-state index contributed by atoms with van der Waals surface area (Å²) in [4.78, 5) is 4.30. The standard InChI is InChI=1S/C22H18FN5O/c23-17-3-1-2-14(8-17)12-28-21-7-4-16(9-15(21)11-27-28)22(24)19-10-18(29)5-6-20(19)25-13-26-22/h1-11,13,29H,12,24H2,(H,25,26). The van der Waals surface area contributed by atoms with Gasteiger partial charge in [-0.05, 0) is 53.6 Å². The molecule has 0 fully saturated rings. The van der Waals surface area contributed by atoms with Gasteiger partial charge in [0, 0.05) is 10.9 Å². The van der Waals surface area contributed by atoms with Crippen LogP contribution >= 0.6 is 0 Å². The Bertz CT molecular complexity index is 1270. The molecule has 7 heteroatoms. The molecule has 6 nitrogen and oxygen atoms in total. The number of nitrogens with one attached hydrogen (secondary N) is 1. The van der Waals surface area contributed by atoms with Crippen molar-refractivity contribution < 1.29 is 9.50 Å². The summed E-state index contributed by atoms with van der Waals surface area (Å²) in [7, 11) is 0. The molecular formula is C22H18FN5O. The molecular weight excluding hydrogens is 369 g/mol. The number of phenolic OH excluding ortho intramolecular Hbond substituents is 1. The second kappa shape index (κ2) is 6.42. The largest absolute Gasteiger partial charge is 0.508 e. The summed E-state index contributed by atoms with van der Waals surface area (Å²) in [6.07, 6.45) is 3.33. The van der Waals surface area contributed by atoms with Crippen LogP contribution in [0, 0.1) is 5.82 Å². The highest BCUT2D eigenvalue weighted by Crippen LogP contribution is 2.37. The summed E-state index contributed by atoms with van der Waals surface area (Å²) in [5.41, 5.74) is 9.64. The van der Waals surface area contributed by atoms with Gasteiger partial charge in [-0.15, -0.1) is 0 Å². The minimum atomic E-state index is -1.03. The van der Waals surface area contributed by atoms with Crippen molar-refractivity contribution in [3.05, 3.63) is 89.4 Å². The molecule has 144 valence electrons. The Morgan fingerprint density at radius 1 is 1.10 bits per heavy atom. The topological polar surface area (TPSA) is 88.5 Å². The van der Waals surface area contributed by atoms with E-state index in [1.54, 1.807) is 36.8 Å². The predicted octanol–water partition coefficient (Wildman–Crippen LogP) is 3.35. The number of hydrogen-bond donors (Lipinski definition) is 3. The van der Waals surface area contributed by atoms with Crippen LogP contribution in [0.4, 0.5) is 10.1 Å². The van der Waals surface area contributed by atoms with E-state index >= 15 is 0 Å². The first-order valence-electron chi connectivity index (χ1n) is 9.16. The summed E-state index contributed by atoms with van der Waals surface area (Å²) < 4.78 is 15.3. The van der Waals surface area contributed by atoms with E-state index < -0.39 is 5.66 Å². The molecule has 1 aliphatic heterocycles. The predicted molar refractivity (Wildman–Crippen MR) is 110 cm³/mol. The lowest BCUT2D eigenvalue weighted by molar-refractivity contribution is 0.463. The number of halogens is 1. The van der Waals surface area contributed by atoms with Gasteiger partial charge < -0.3 is 16.2 Å². The summed E-state index contributed by atoms with van der Waals surface area (Å²) in [6, 6.07) is 17.3. The van der Waals surface area contributed by atoms with E-state index in [0.29, 0.717) is 17.8 Å². The lowest BCUT2D eigenvalue weighted by Crippen LogP contribution is -2.52. The van der Waals surface area contributed by atoms with Gasteiger partial charge in [0.25, 0.3) is 0 Å². The Hall–Kier alpha value is -3.71. The van der Waals surface area contributed by atoms with Crippen molar-refractivity contribution in [1.29, 1.82) is 0 Å². The van der Waals surface area contributed by atoms with E-state index in [0.717, 1.165) is 22.0 Å². The molecule has 0 saturated carbocycles. The molecule has 0 aliphatic carbocycles. The van der Waals surface area contributed by atoms with E-state index in [1.165, 1.54) is 12.1 Å². The Labute approximate surface area is 166 Å². The molecule has 0 amide bonds. The number of phenols is 1. The van der Waals surface area contributed by atoms with Crippen LogP contribution < -0.4 is 11.1 Å². The molecule has 29 heavy (non-hydrogen) atoms. The van der Waals surface area contributed by atoms with Gasteiger partial charge in [-0.2, -0.15) is 5.10 Å². The van der Waals surface area contributed by atoms with Crippen molar-refractivity contribution in [1.82, 2.24) is 15.1 Å². The number of aromatic nitrogens is 2. The van der Waals surface area contributed by atoms with Gasteiger partial charge in [0.2, 0.25) is 0 Å². The molecule has 0 bridgehead atoms. The molecule has 3 aromatic carbocycles. The van der Waals surface area contributed by atoms with Crippen LogP contribution in [0.3, 0.4) is 0 Å². The van der Waals surface area contributed by atoms with E-state index in [9.17, 15) is 9.50 Å². The molecule has 0 spiro atoms. The highest BCUT2D eigenvalue weighted by molar-refractivity contribution is 5.81. The first kappa shape index (κ1) is 17.4. The molecule has 1 unspecified atom stereocenters. The smallest absolute Gasteiger partial charge is 0.141 e. The number of fused-ring (bicyclic) bond motifs is 2. The van der Waals surface area contributed by atoms with Crippen molar-refractivity contribution in [3.63, 3.8) is 0 Å². The molecule has 5 rings (SSSR count). The number of nitrogens with zero attached hydrogens (tertiary/aromatic N) is 3. The molecule has 0 radical (unpaired) electrons. The summed E-state index contributed by atoms with van der Waals surface area (Å²) in [5, 5.41) is 18.4. The van der Waals surface area contributed by atoms with Gasteiger partial charge in [-0.1, -0.05) is 18.2 Å². The second-order valence-corrected chi connectivity index (χ2v) is 7.12. The quantitative estimate of drug-likeness (QED) is 0.503. The van der Waals surface area contributed by atoms with Crippen molar-refractivity contribution in [2.45, 2.75) is 12.2 Å². The first-order valence-corrected chi connectivity index (χ1v) is 9.16. The molecule has 1 atom stereocenters. The first-order chi connectivity index (χ1) is 14.0. The third-order valence-corrected chi connectivity index (χ3v) is 5.22. The average molecular weight is 387 g/mol. The molecule has 1 aromatic heterocycles. The number of aromatic hydroxyl groups is 1. The Morgan fingerprint density at radius 2 is 2.00 bits per heavy atom. The number of nitrogens with two attached hydrogens (primary N) is 1. The lowest BCUT2D eigenvalue weighted by Gasteiger charge is -2.34. The Kier molecular flexibility index (Phi) is 3.85. The Morgan fingerprint density at radius 3 is 2.86 bits per heavy atom. The number of rotatable bonds is 3. The third kappa shape index (κ3) is 2.92. The molecule has 4 N–H and O–H groups in total. The fraction of sp³-hybridized carbons (Fsp3) is 0.0909. The second-order valence-electron chi connectivity index (χ2n) is 7.12. The van der Waals surface area contributed by atoms with Gasteiger partial charge in [0.1, 0.15) is 17.2 Å². The lowest BCUT2D eigenvalue weighted by atomic mass is 9.89. The van der Waals surface area contributed by atoms with Gasteiger partial charge in [-0.25, -0.2) is 9.38 Å². The molecule has 2 heterocycles. The van der Waals surface area contributed by atoms with Crippen LogP contribution in [0.1, 0.15) is 16.7 Å². The van der Waals surface area contributed by atoms with Crippen molar-refractivity contribution in [3.8, 4) is 5.75 Å². The fourth-order valence-electron chi connectivity index (χ4n) is 3.74. The highest BCUT2D eigenvalue weighted by Gasteiger charge is 2.34. The van der Waals surface area contributed by atoms with Gasteiger partial charge in [0.05, 0.1) is 30.3 Å². The number of hydrogen-bond acceptors (Lipinski definition) is 5. The van der Waals surface area contributed by atoms with Crippen molar-refractivity contribution in [2.75, 3.05) is 0 Å². The van der Waals surface area contributed by atoms with Crippen LogP contribution in [-0.4, -0.2) is 21.2 Å². The van der Waals surface area contributed by atoms with E-state index in [1.807, 2.05) is 28.9 Å². The SMILES string of the molecule is NC1(c2ccc3c(cnn3Cc3cccc(F)c3)c2)NC=Nc2ccc(O)cc21. The van der Waals surface area contributed by atoms with Crippen molar-refractivity contribution >= 4 is 22.9 Å². The molecule has 1 aliphatic rings. The molecule has 4 aromatic rings. The highest BCUT2D eigenvalue weighted by atomic mass is 19.1. The summed E-state index contributed by atoms with van der Waals surface area (Å²) in [6.45, 7) is 0.468. The van der Waals surface area contributed by atoms with Crippen LogP contribution in [-0.2, 0) is 12.2 Å². The monoisotopic (exact) mass is 387 g/mol. The van der Waals surface area contributed by atoms with Crippen LogP contribution in [0.2, 0.25) is 0 Å². The maximum atomic E-state index is 13.5. The molecule has 0 saturated heterocycles. The number of benzene rings is 3. The van der Waals surface area contributed by atoms with Gasteiger partial charge >= 0.3 is 0 Å². The summed E-state index contributed by atoms with van der Waals surface area (Å²) in [5.74, 6) is -0.139. The van der Waals surface area contributed by atoms with Gasteiger partial charge in [-0.3, -0.25) is 4.68 Å². The summed E-state index contributed by atoms with van der Waals surface area (Å²) >= 11 is 0. The minimum absolute atomic E-state index is 0.126. The average Bonchev–Trinajstić information content (AvgIpc) is 3.11. The zero-order chi connectivity index (χ0) is 20.0. The maximum absolute atomic E-state index is 13.5. The van der Waals surface area contributed by atoms with Crippen LogP contribution in [0.15, 0.2) is 71.9 Å². The zero-order valence-electron chi connectivity index (χ0n) is 15.4. The van der Waals surface area contributed by atoms with Crippen molar-refractivity contribution in [2.24, 2.45) is 10.7 Å². The van der Waals surface area contributed by atoms with E-state index in [-0.39, 0.29) is 11.6 Å². The Balaban J connectivity index is 1.55. The minimum Gasteiger partial charge on any atom is -0.508 e. The van der Waals surface area contributed by atoms with Gasteiger partial charge in [0.15, 0.2) is 0 Å².